The third-order valence-electron chi connectivity index (χ3n) is 7.78. The number of hydrogen-bond donors (Lipinski definition) is 0. The van der Waals surface area contributed by atoms with Crippen molar-refractivity contribution in [1.29, 1.82) is 0 Å². The van der Waals surface area contributed by atoms with E-state index in [0.717, 1.165) is 39.7 Å². The molecule has 0 amide bonds. The molecular formula is C35H22O2. The van der Waals surface area contributed by atoms with Crippen molar-refractivity contribution < 1.29 is 9.47 Å². The smallest absolute Gasteiger partial charge is 0.135 e. The molecule has 2 heteroatoms. The largest absolute Gasteiger partial charge is 0.457 e. The van der Waals surface area contributed by atoms with Crippen LogP contribution in [0.3, 0.4) is 0 Å². The van der Waals surface area contributed by atoms with Gasteiger partial charge in [0.25, 0.3) is 0 Å². The van der Waals surface area contributed by atoms with Crippen molar-refractivity contribution >= 4 is 10.8 Å². The second kappa shape index (κ2) is 7.59. The minimum absolute atomic E-state index is 0.563. The van der Waals surface area contributed by atoms with Crippen molar-refractivity contribution in [2.75, 3.05) is 0 Å². The van der Waals surface area contributed by atoms with Crippen LogP contribution < -0.4 is 9.47 Å². The Labute approximate surface area is 215 Å². The summed E-state index contributed by atoms with van der Waals surface area (Å²) in [6.07, 6.45) is 0. The highest BCUT2D eigenvalue weighted by molar-refractivity contribution is 5.97. The molecule has 0 radical (unpaired) electrons. The van der Waals surface area contributed by atoms with Crippen LogP contribution in [0, 0.1) is 0 Å². The first kappa shape index (κ1) is 20.4. The van der Waals surface area contributed by atoms with E-state index in [-0.39, 0.29) is 0 Å². The van der Waals surface area contributed by atoms with Crippen molar-refractivity contribution in [1.82, 2.24) is 0 Å². The van der Waals surface area contributed by atoms with Crippen molar-refractivity contribution in [3.63, 3.8) is 0 Å². The number of benzene rings is 6. The van der Waals surface area contributed by atoms with Crippen LogP contribution in [-0.4, -0.2) is 0 Å². The average Bonchev–Trinajstić information content (AvgIpc) is 2.97. The zero-order chi connectivity index (χ0) is 24.4. The molecule has 0 spiro atoms. The Morgan fingerprint density at radius 1 is 0.459 bits per heavy atom. The first-order valence-corrected chi connectivity index (χ1v) is 12.6. The normalized spacial score (nSPS) is 14.1. The SMILES string of the molecule is c1ccc(-c2cccc3cc(C45c6ccccc6Oc6cccc(c64)Oc4ccccc45)ccc23)cc1. The van der Waals surface area contributed by atoms with Gasteiger partial charge in [-0.3, -0.25) is 0 Å². The topological polar surface area (TPSA) is 18.5 Å². The fraction of sp³-hybridized carbons (Fsp3) is 0.0286. The van der Waals surface area contributed by atoms with Crippen molar-refractivity contribution in [2.24, 2.45) is 0 Å². The Balaban J connectivity index is 1.49. The zero-order valence-corrected chi connectivity index (χ0v) is 20.0. The predicted molar refractivity (Wildman–Crippen MR) is 148 cm³/mol. The van der Waals surface area contributed by atoms with Crippen molar-refractivity contribution in [2.45, 2.75) is 5.41 Å². The van der Waals surface area contributed by atoms with Gasteiger partial charge in [-0.1, -0.05) is 103 Å². The molecule has 0 fully saturated rings. The van der Waals surface area contributed by atoms with Gasteiger partial charge in [-0.05, 0) is 57.8 Å². The molecule has 6 aromatic carbocycles. The average molecular weight is 475 g/mol. The lowest BCUT2D eigenvalue weighted by Crippen LogP contribution is -2.36. The number of rotatable bonds is 2. The molecule has 0 aromatic heterocycles. The van der Waals surface area contributed by atoms with Crippen LogP contribution in [0.15, 0.2) is 133 Å². The van der Waals surface area contributed by atoms with Gasteiger partial charge in [0.05, 0.1) is 11.0 Å². The van der Waals surface area contributed by atoms with E-state index in [4.69, 9.17) is 9.47 Å². The molecule has 0 N–H and O–H groups in total. The first-order valence-electron chi connectivity index (χ1n) is 12.6. The summed E-state index contributed by atoms with van der Waals surface area (Å²) in [6.45, 7) is 0. The molecule has 0 atom stereocenters. The number of fused-ring (bicyclic) bond motifs is 5. The molecule has 37 heavy (non-hydrogen) atoms. The van der Waals surface area contributed by atoms with E-state index in [0.29, 0.717) is 0 Å². The Morgan fingerprint density at radius 3 is 1.76 bits per heavy atom. The molecule has 2 aliphatic heterocycles. The summed E-state index contributed by atoms with van der Waals surface area (Å²) in [6, 6.07) is 47.0. The first-order chi connectivity index (χ1) is 18.3. The second-order valence-electron chi connectivity index (χ2n) is 9.68. The zero-order valence-electron chi connectivity index (χ0n) is 20.0. The third-order valence-corrected chi connectivity index (χ3v) is 7.78. The summed E-state index contributed by atoms with van der Waals surface area (Å²) in [5.41, 5.74) is 6.42. The summed E-state index contributed by atoms with van der Waals surface area (Å²) in [4.78, 5) is 0. The van der Waals surface area contributed by atoms with E-state index >= 15 is 0 Å². The Hall–Kier alpha value is -4.82. The molecule has 174 valence electrons. The number of ether oxygens (including phenoxy) is 2. The molecule has 0 saturated heterocycles. The maximum absolute atomic E-state index is 6.47. The van der Waals surface area contributed by atoms with E-state index in [1.807, 2.05) is 18.2 Å². The predicted octanol–water partition coefficient (Wildman–Crippen LogP) is 9.10. The Kier molecular flexibility index (Phi) is 4.18. The van der Waals surface area contributed by atoms with Gasteiger partial charge in [0.15, 0.2) is 0 Å². The highest BCUT2D eigenvalue weighted by Crippen LogP contribution is 2.62. The van der Waals surface area contributed by atoms with E-state index in [1.165, 1.54) is 27.5 Å². The lowest BCUT2D eigenvalue weighted by molar-refractivity contribution is 0.385. The Morgan fingerprint density at radius 2 is 1.05 bits per heavy atom. The molecule has 0 aliphatic carbocycles. The molecule has 8 rings (SSSR count). The Bertz CT molecular complexity index is 1770. The van der Waals surface area contributed by atoms with Crippen LogP contribution in [0.5, 0.6) is 23.0 Å². The maximum Gasteiger partial charge on any atom is 0.135 e. The molecule has 2 aliphatic rings. The second-order valence-corrected chi connectivity index (χ2v) is 9.68. The number of hydrogen-bond acceptors (Lipinski definition) is 2. The molecule has 2 heterocycles. The minimum Gasteiger partial charge on any atom is -0.457 e. The van der Waals surface area contributed by atoms with Crippen LogP contribution in [-0.2, 0) is 5.41 Å². The van der Waals surface area contributed by atoms with Crippen molar-refractivity contribution in [3.8, 4) is 34.1 Å². The maximum atomic E-state index is 6.47. The van der Waals surface area contributed by atoms with Crippen LogP contribution in [0.4, 0.5) is 0 Å². The van der Waals surface area contributed by atoms with Crippen LogP contribution in [0.2, 0.25) is 0 Å². The monoisotopic (exact) mass is 474 g/mol. The molecule has 0 saturated carbocycles. The van der Waals surface area contributed by atoms with Gasteiger partial charge in [-0.2, -0.15) is 0 Å². The lowest BCUT2D eigenvalue weighted by Gasteiger charge is -2.45. The lowest BCUT2D eigenvalue weighted by atomic mass is 9.62. The summed E-state index contributed by atoms with van der Waals surface area (Å²) in [5, 5.41) is 2.45. The summed E-state index contributed by atoms with van der Waals surface area (Å²) < 4.78 is 12.9. The fourth-order valence-electron chi connectivity index (χ4n) is 6.27. The van der Waals surface area contributed by atoms with E-state index in [9.17, 15) is 0 Å². The fourth-order valence-corrected chi connectivity index (χ4v) is 6.27. The summed E-state index contributed by atoms with van der Waals surface area (Å²) in [5.74, 6) is 3.43. The van der Waals surface area contributed by atoms with Gasteiger partial charge in [-0.25, -0.2) is 0 Å². The molecule has 2 nitrogen and oxygen atoms in total. The summed E-state index contributed by atoms with van der Waals surface area (Å²) in [7, 11) is 0. The van der Waals surface area contributed by atoms with Crippen LogP contribution >= 0.6 is 0 Å². The van der Waals surface area contributed by atoms with Crippen LogP contribution in [0.1, 0.15) is 22.3 Å². The molecule has 0 unspecified atom stereocenters. The van der Waals surface area contributed by atoms with Gasteiger partial charge in [-0.15, -0.1) is 0 Å². The molecule has 6 aromatic rings. The van der Waals surface area contributed by atoms with Gasteiger partial charge in [0, 0.05) is 11.1 Å². The number of para-hydroxylation sites is 2. The van der Waals surface area contributed by atoms with Crippen molar-refractivity contribution in [3.05, 3.63) is 156 Å². The highest BCUT2D eigenvalue weighted by atomic mass is 16.5. The van der Waals surface area contributed by atoms with E-state index < -0.39 is 5.41 Å². The van der Waals surface area contributed by atoms with Gasteiger partial charge < -0.3 is 9.47 Å². The summed E-state index contributed by atoms with van der Waals surface area (Å²) >= 11 is 0. The third kappa shape index (κ3) is 2.75. The standard InChI is InChI=1S/C35H22O2/c1-2-10-23(11-3-1)26-13-8-12-24-22-25(20-21-27(24)26)35-28-14-4-6-16-30(28)36-32-18-9-19-33(34(32)35)37-31-17-7-5-15-29(31)35/h1-22H. The minimum atomic E-state index is -0.563. The highest BCUT2D eigenvalue weighted by Gasteiger charge is 2.51. The van der Waals surface area contributed by atoms with Gasteiger partial charge in [0.1, 0.15) is 23.0 Å². The van der Waals surface area contributed by atoms with Crippen LogP contribution in [0.25, 0.3) is 21.9 Å². The molecular weight excluding hydrogens is 452 g/mol. The van der Waals surface area contributed by atoms with Gasteiger partial charge >= 0.3 is 0 Å². The van der Waals surface area contributed by atoms with E-state index in [2.05, 4.69) is 115 Å². The van der Waals surface area contributed by atoms with Gasteiger partial charge in [0.2, 0.25) is 0 Å². The quantitative estimate of drug-likeness (QED) is 0.249. The van der Waals surface area contributed by atoms with E-state index in [1.54, 1.807) is 0 Å². The molecule has 0 bridgehead atoms.